The molecule has 6 N–H and O–H groups in total. The van der Waals surface area contributed by atoms with Crippen molar-refractivity contribution in [3.63, 3.8) is 0 Å². The van der Waals surface area contributed by atoms with Crippen LogP contribution in [0.4, 0.5) is 0 Å². The minimum atomic E-state index is -1.56. The van der Waals surface area contributed by atoms with Crippen LogP contribution in [0.15, 0.2) is 11.6 Å². The van der Waals surface area contributed by atoms with E-state index in [9.17, 15) is 30.0 Å². The van der Waals surface area contributed by atoms with Crippen molar-refractivity contribution in [3.05, 3.63) is 11.6 Å². The zero-order valence-electron chi connectivity index (χ0n) is 20.0. The van der Waals surface area contributed by atoms with Crippen LogP contribution in [0.3, 0.4) is 0 Å². The summed E-state index contributed by atoms with van der Waals surface area (Å²) < 4.78 is 17.0. The number of carbonyl (C=O) groups excluding carboxylic acids is 2. The molecule has 34 heavy (non-hydrogen) atoms. The molecule has 8 atom stereocenters. The zero-order valence-corrected chi connectivity index (χ0v) is 20.9. The molecule has 0 aromatic carbocycles. The van der Waals surface area contributed by atoms with E-state index in [-0.39, 0.29) is 37.4 Å². The summed E-state index contributed by atoms with van der Waals surface area (Å²) in [5.41, 5.74) is 0.344. The summed E-state index contributed by atoms with van der Waals surface area (Å²) in [6.07, 6.45) is -4.40. The van der Waals surface area contributed by atoms with Gasteiger partial charge in [-0.3, -0.25) is 10.1 Å². The summed E-state index contributed by atoms with van der Waals surface area (Å²) in [6, 6.07) is -1.28. The Kier molecular flexibility index (Phi) is 12.9. The number of amides is 1. The van der Waals surface area contributed by atoms with Gasteiger partial charge in [0.05, 0.1) is 31.5 Å². The fourth-order valence-electron chi connectivity index (χ4n) is 4.20. The molecule has 11 nitrogen and oxygen atoms in total. The molecule has 0 saturated carbocycles. The normalized spacial score (nSPS) is 33.6. The maximum Gasteiger partial charge on any atom is 0.333 e. The number of halogens is 1. The van der Waals surface area contributed by atoms with E-state index in [0.717, 1.165) is 12.8 Å². The summed E-state index contributed by atoms with van der Waals surface area (Å²) in [7, 11) is 0. The Balaban J connectivity index is 0.00000578. The lowest BCUT2D eigenvalue weighted by atomic mass is 9.86. The van der Waals surface area contributed by atoms with Crippen molar-refractivity contribution >= 4 is 24.3 Å². The third kappa shape index (κ3) is 7.59. The molecule has 198 valence electrons. The molecule has 1 heterocycles. The van der Waals surface area contributed by atoms with Crippen LogP contribution in [0.1, 0.15) is 47.0 Å². The molecular weight excluding hydrogens is 472 g/mol. The van der Waals surface area contributed by atoms with Gasteiger partial charge in [0.15, 0.2) is 0 Å². The van der Waals surface area contributed by atoms with Gasteiger partial charge in [-0.2, -0.15) is 0 Å². The molecule has 0 bridgehead atoms. The molecule has 1 fully saturated rings. The van der Waals surface area contributed by atoms with Gasteiger partial charge in [0, 0.05) is 18.5 Å². The number of nitrogens with one attached hydrogen (secondary N) is 2. The number of rotatable bonds is 10. The predicted molar refractivity (Wildman–Crippen MR) is 124 cm³/mol. The van der Waals surface area contributed by atoms with E-state index >= 15 is 0 Å². The SMILES string of the molecule is CCOC(=O)C1=C[C@@H](OC(CC)CC)[C@H](NC(C)=O)[C@@H](N[C@@H]2O[C@H](CO)[C@@H](O)[C@H](O)[C@H]2O)C1.Cl. The van der Waals surface area contributed by atoms with Crippen LogP contribution in [0.2, 0.25) is 0 Å². The van der Waals surface area contributed by atoms with Crippen molar-refractivity contribution < 1.29 is 44.2 Å². The second kappa shape index (κ2) is 14.3. The van der Waals surface area contributed by atoms with Crippen molar-refractivity contribution in [2.45, 2.75) is 102 Å². The fraction of sp³-hybridized carbons (Fsp3) is 0.818. The van der Waals surface area contributed by atoms with E-state index in [1.54, 1.807) is 13.0 Å². The summed E-state index contributed by atoms with van der Waals surface area (Å²) in [6.45, 7) is 6.63. The lowest BCUT2D eigenvalue weighted by molar-refractivity contribution is -0.239. The van der Waals surface area contributed by atoms with E-state index in [1.807, 2.05) is 13.8 Å². The van der Waals surface area contributed by atoms with Crippen LogP contribution < -0.4 is 10.6 Å². The molecular formula is C22H39ClN2O9. The van der Waals surface area contributed by atoms with Gasteiger partial charge < -0.3 is 40.0 Å². The zero-order chi connectivity index (χ0) is 24.7. The van der Waals surface area contributed by atoms with Gasteiger partial charge in [-0.05, 0) is 32.3 Å². The van der Waals surface area contributed by atoms with Crippen LogP contribution in [0.25, 0.3) is 0 Å². The van der Waals surface area contributed by atoms with E-state index in [4.69, 9.17) is 14.2 Å². The first-order chi connectivity index (χ1) is 15.7. The number of carbonyl (C=O) groups is 2. The van der Waals surface area contributed by atoms with Crippen LogP contribution in [0.5, 0.6) is 0 Å². The predicted octanol–water partition coefficient (Wildman–Crippen LogP) is -0.862. The Morgan fingerprint density at radius 3 is 2.32 bits per heavy atom. The minimum absolute atomic E-state index is 0. The molecule has 2 rings (SSSR count). The van der Waals surface area contributed by atoms with Crippen molar-refractivity contribution in [3.8, 4) is 0 Å². The Bertz CT molecular complexity index is 689. The highest BCUT2D eigenvalue weighted by atomic mass is 35.5. The van der Waals surface area contributed by atoms with E-state index in [2.05, 4.69) is 10.6 Å². The first-order valence-electron chi connectivity index (χ1n) is 11.5. The Hall–Kier alpha value is -1.31. The van der Waals surface area contributed by atoms with Crippen LogP contribution in [0, 0.1) is 0 Å². The Morgan fingerprint density at radius 1 is 1.15 bits per heavy atom. The van der Waals surface area contributed by atoms with Gasteiger partial charge in [-0.1, -0.05) is 13.8 Å². The van der Waals surface area contributed by atoms with Crippen molar-refractivity contribution in [1.29, 1.82) is 0 Å². The number of hydrogen-bond donors (Lipinski definition) is 6. The molecule has 1 amide bonds. The third-order valence-electron chi connectivity index (χ3n) is 6.03. The minimum Gasteiger partial charge on any atom is -0.463 e. The molecule has 0 unspecified atom stereocenters. The summed E-state index contributed by atoms with van der Waals surface area (Å²) >= 11 is 0. The second-order valence-corrected chi connectivity index (χ2v) is 8.40. The topological polar surface area (TPSA) is 167 Å². The molecule has 12 heteroatoms. The Morgan fingerprint density at radius 2 is 1.79 bits per heavy atom. The van der Waals surface area contributed by atoms with E-state index in [1.165, 1.54) is 6.92 Å². The number of esters is 1. The molecule has 1 aliphatic heterocycles. The van der Waals surface area contributed by atoms with Gasteiger partial charge in [-0.15, -0.1) is 12.4 Å². The molecule has 1 aliphatic carbocycles. The molecule has 0 spiro atoms. The molecule has 2 aliphatic rings. The molecule has 1 saturated heterocycles. The molecule has 0 aromatic heterocycles. The van der Waals surface area contributed by atoms with Crippen molar-refractivity contribution in [2.75, 3.05) is 13.2 Å². The van der Waals surface area contributed by atoms with Gasteiger partial charge >= 0.3 is 5.97 Å². The summed E-state index contributed by atoms with van der Waals surface area (Å²) in [5.74, 6) is -0.829. The van der Waals surface area contributed by atoms with Crippen molar-refractivity contribution in [1.82, 2.24) is 10.6 Å². The van der Waals surface area contributed by atoms with Crippen LogP contribution >= 0.6 is 12.4 Å². The smallest absolute Gasteiger partial charge is 0.333 e. The van der Waals surface area contributed by atoms with Gasteiger partial charge in [-0.25, -0.2) is 4.79 Å². The number of aliphatic hydroxyl groups excluding tert-OH is 4. The lowest BCUT2D eigenvalue weighted by Gasteiger charge is -2.44. The first kappa shape index (κ1) is 30.7. The highest BCUT2D eigenvalue weighted by molar-refractivity contribution is 5.89. The van der Waals surface area contributed by atoms with Crippen molar-refractivity contribution in [2.24, 2.45) is 0 Å². The molecule has 0 radical (unpaired) electrons. The van der Waals surface area contributed by atoms with Crippen LogP contribution in [-0.2, 0) is 23.8 Å². The third-order valence-corrected chi connectivity index (χ3v) is 6.03. The maximum atomic E-state index is 12.5. The van der Waals surface area contributed by atoms with Gasteiger partial charge in [0.25, 0.3) is 0 Å². The average molecular weight is 511 g/mol. The maximum absolute atomic E-state index is 12.5. The second-order valence-electron chi connectivity index (χ2n) is 8.40. The number of ether oxygens (including phenoxy) is 3. The highest BCUT2D eigenvalue weighted by Crippen LogP contribution is 2.27. The van der Waals surface area contributed by atoms with E-state index in [0.29, 0.717) is 5.57 Å². The number of aliphatic hydroxyl groups is 4. The molecule has 0 aromatic rings. The number of hydrogen-bond acceptors (Lipinski definition) is 10. The monoisotopic (exact) mass is 510 g/mol. The van der Waals surface area contributed by atoms with Gasteiger partial charge in [0.1, 0.15) is 30.6 Å². The first-order valence-corrected chi connectivity index (χ1v) is 11.5. The Labute approximate surface area is 206 Å². The summed E-state index contributed by atoms with van der Waals surface area (Å²) in [5, 5.41) is 46.0. The quantitative estimate of drug-likeness (QED) is 0.203. The summed E-state index contributed by atoms with van der Waals surface area (Å²) in [4.78, 5) is 24.5. The highest BCUT2D eigenvalue weighted by Gasteiger charge is 2.46. The lowest BCUT2D eigenvalue weighted by Crippen LogP contribution is -2.67. The fourth-order valence-corrected chi connectivity index (χ4v) is 4.20. The standard InChI is InChI=1S/C22H38N2O9.ClH/c1-5-13(6-2)32-15-9-12(22(30)31-7-3)8-14(17(15)23-11(4)26)24-21-20(29)19(28)18(27)16(10-25)33-21;/h9,13-21,24-25,27-29H,5-8,10H2,1-4H3,(H,23,26);1H/t14-,15+,16+,17+,18+,19-,20+,21+;/m0./s1. The van der Waals surface area contributed by atoms with E-state index < -0.39 is 61.4 Å². The average Bonchev–Trinajstić information content (AvgIpc) is 2.79. The van der Waals surface area contributed by atoms with Gasteiger partial charge in [0.2, 0.25) is 5.91 Å². The van der Waals surface area contributed by atoms with Crippen LogP contribution in [-0.4, -0.2) is 100 Å². The largest absolute Gasteiger partial charge is 0.463 e.